The van der Waals surface area contributed by atoms with Crippen molar-refractivity contribution in [3.05, 3.63) is 35.4 Å². The van der Waals surface area contributed by atoms with E-state index in [4.69, 9.17) is 14.2 Å². The molecule has 1 heterocycles. The van der Waals surface area contributed by atoms with E-state index in [0.29, 0.717) is 44.9 Å². The number of rotatable bonds is 15. The minimum Gasteiger partial charge on any atom is -0.379 e. The Bertz CT molecular complexity index is 714. The van der Waals surface area contributed by atoms with Gasteiger partial charge in [-0.25, -0.2) is 0 Å². The summed E-state index contributed by atoms with van der Waals surface area (Å²) in [7, 11) is 0. The maximum atomic E-state index is 11.8. The van der Waals surface area contributed by atoms with Gasteiger partial charge in [0.25, 0.3) is 0 Å². The summed E-state index contributed by atoms with van der Waals surface area (Å²) in [5.41, 5.74) is 2.87. The van der Waals surface area contributed by atoms with E-state index in [9.17, 15) is 4.79 Å². The summed E-state index contributed by atoms with van der Waals surface area (Å²) in [5.74, 6) is 0.231. The average molecular weight is 491 g/mol. The summed E-state index contributed by atoms with van der Waals surface area (Å²) in [6, 6.07) is 9.18. The quantitative estimate of drug-likeness (QED) is 0.339. The zero-order valence-electron chi connectivity index (χ0n) is 23.2. The van der Waals surface area contributed by atoms with E-state index in [1.54, 1.807) is 0 Å². The maximum absolute atomic E-state index is 11.8. The number of nitrogens with zero attached hydrogens (tertiary/aromatic N) is 2. The Morgan fingerprint density at radius 2 is 1.20 bits per heavy atom. The van der Waals surface area contributed by atoms with Crippen LogP contribution in [0.1, 0.15) is 59.1 Å². The fourth-order valence-electron chi connectivity index (χ4n) is 4.08. The molecule has 0 bridgehead atoms. The number of carbonyl (C=O) groups excluding carboxylic acids is 1. The molecule has 6 nitrogen and oxygen atoms in total. The summed E-state index contributed by atoms with van der Waals surface area (Å²) >= 11 is 0. The molecule has 0 aliphatic carbocycles. The van der Waals surface area contributed by atoms with Crippen molar-refractivity contribution in [1.29, 1.82) is 0 Å². The maximum Gasteiger partial charge on any atom is 0.140 e. The fourth-order valence-corrected chi connectivity index (χ4v) is 4.08. The molecular formula is C29H50N2O4. The van der Waals surface area contributed by atoms with Gasteiger partial charge in [-0.15, -0.1) is 0 Å². The third kappa shape index (κ3) is 13.5. The van der Waals surface area contributed by atoms with Crippen LogP contribution >= 0.6 is 0 Å². The predicted molar refractivity (Wildman–Crippen MR) is 143 cm³/mol. The molecule has 0 spiro atoms. The molecule has 1 saturated heterocycles. The third-order valence-corrected chi connectivity index (χ3v) is 6.23. The molecule has 0 atom stereocenters. The number of carbonyl (C=O) groups is 1. The van der Waals surface area contributed by atoms with Crippen LogP contribution in [0.3, 0.4) is 0 Å². The SMILES string of the molecule is CC(C)(C)Cc1ccc(CN2CCN(CCOCCOCCOCCC(=O)C(C)(C)C)CC2)cc1. The van der Waals surface area contributed by atoms with E-state index in [1.165, 1.54) is 11.1 Å². The fraction of sp³-hybridized carbons (Fsp3) is 0.759. The molecule has 1 aromatic carbocycles. The first kappa shape index (κ1) is 29.9. The molecule has 0 aromatic heterocycles. The van der Waals surface area contributed by atoms with Crippen molar-refractivity contribution in [2.75, 3.05) is 72.4 Å². The molecule has 1 aromatic rings. The predicted octanol–water partition coefficient (Wildman–Crippen LogP) is 4.45. The molecule has 35 heavy (non-hydrogen) atoms. The van der Waals surface area contributed by atoms with Crippen LogP contribution < -0.4 is 0 Å². The minimum atomic E-state index is -0.288. The molecule has 1 aliphatic rings. The number of hydrogen-bond donors (Lipinski definition) is 0. The van der Waals surface area contributed by atoms with Crippen LogP contribution in [0.4, 0.5) is 0 Å². The second-order valence-electron chi connectivity index (χ2n) is 11.9. The van der Waals surface area contributed by atoms with E-state index in [-0.39, 0.29) is 11.2 Å². The summed E-state index contributed by atoms with van der Waals surface area (Å²) in [6.07, 6.45) is 1.58. The molecule has 6 heteroatoms. The van der Waals surface area contributed by atoms with E-state index >= 15 is 0 Å². The lowest BCUT2D eigenvalue weighted by Gasteiger charge is -2.34. The first-order valence-electron chi connectivity index (χ1n) is 13.3. The lowest BCUT2D eigenvalue weighted by Crippen LogP contribution is -2.46. The molecule has 0 amide bonds. The highest BCUT2D eigenvalue weighted by Gasteiger charge is 2.20. The van der Waals surface area contributed by atoms with Gasteiger partial charge in [0.05, 0.1) is 39.6 Å². The van der Waals surface area contributed by atoms with Crippen molar-refractivity contribution >= 4 is 5.78 Å². The topological polar surface area (TPSA) is 51.2 Å². The molecule has 1 fully saturated rings. The summed E-state index contributed by atoms with van der Waals surface area (Å²) in [6.45, 7) is 22.5. The van der Waals surface area contributed by atoms with Crippen LogP contribution in [-0.4, -0.2) is 87.9 Å². The Labute approximate surface area is 214 Å². The molecular weight excluding hydrogens is 440 g/mol. The molecule has 0 radical (unpaired) electrons. The number of Topliss-reactive ketones (excluding diaryl/α,β-unsaturated/α-hetero) is 1. The van der Waals surface area contributed by atoms with Crippen molar-refractivity contribution in [3.8, 4) is 0 Å². The van der Waals surface area contributed by atoms with E-state index < -0.39 is 0 Å². The summed E-state index contributed by atoms with van der Waals surface area (Å²) < 4.78 is 16.8. The Balaban J connectivity index is 1.43. The molecule has 0 unspecified atom stereocenters. The van der Waals surface area contributed by atoms with Gasteiger partial charge in [-0.05, 0) is 23.0 Å². The third-order valence-electron chi connectivity index (χ3n) is 6.23. The van der Waals surface area contributed by atoms with Gasteiger partial charge in [-0.2, -0.15) is 0 Å². The van der Waals surface area contributed by atoms with E-state index in [2.05, 4.69) is 54.8 Å². The van der Waals surface area contributed by atoms with Gasteiger partial charge in [0, 0.05) is 51.1 Å². The molecule has 1 aliphatic heterocycles. The molecule has 200 valence electrons. The Kier molecular flexibility index (Phi) is 12.9. The molecule has 0 saturated carbocycles. The second-order valence-corrected chi connectivity index (χ2v) is 11.9. The van der Waals surface area contributed by atoms with Crippen LogP contribution in [0.25, 0.3) is 0 Å². The molecule has 0 N–H and O–H groups in total. The lowest BCUT2D eigenvalue weighted by atomic mass is 9.88. The number of benzene rings is 1. The monoisotopic (exact) mass is 490 g/mol. The average Bonchev–Trinajstić information content (AvgIpc) is 2.78. The van der Waals surface area contributed by atoms with Gasteiger partial charge in [-0.1, -0.05) is 65.8 Å². The summed E-state index contributed by atoms with van der Waals surface area (Å²) in [5, 5.41) is 0. The minimum absolute atomic E-state index is 0.231. The zero-order valence-corrected chi connectivity index (χ0v) is 23.2. The number of hydrogen-bond acceptors (Lipinski definition) is 6. The Hall–Kier alpha value is -1.31. The number of piperazine rings is 1. The van der Waals surface area contributed by atoms with Gasteiger partial charge < -0.3 is 14.2 Å². The Morgan fingerprint density at radius 3 is 1.74 bits per heavy atom. The van der Waals surface area contributed by atoms with Crippen molar-refractivity contribution in [2.24, 2.45) is 10.8 Å². The van der Waals surface area contributed by atoms with E-state index in [1.807, 2.05) is 20.8 Å². The van der Waals surface area contributed by atoms with Crippen molar-refractivity contribution in [2.45, 2.75) is 60.9 Å². The van der Waals surface area contributed by atoms with E-state index in [0.717, 1.165) is 52.3 Å². The highest BCUT2D eigenvalue weighted by Crippen LogP contribution is 2.21. The largest absolute Gasteiger partial charge is 0.379 e. The van der Waals surface area contributed by atoms with Crippen molar-refractivity contribution in [3.63, 3.8) is 0 Å². The van der Waals surface area contributed by atoms with Gasteiger partial charge in [0.2, 0.25) is 0 Å². The highest BCUT2D eigenvalue weighted by molar-refractivity contribution is 5.83. The molecule has 2 rings (SSSR count). The smallest absolute Gasteiger partial charge is 0.140 e. The zero-order chi connectivity index (χ0) is 25.7. The van der Waals surface area contributed by atoms with Crippen LogP contribution in [0.15, 0.2) is 24.3 Å². The van der Waals surface area contributed by atoms with Crippen LogP contribution in [0, 0.1) is 10.8 Å². The van der Waals surface area contributed by atoms with Gasteiger partial charge in [0.1, 0.15) is 5.78 Å². The van der Waals surface area contributed by atoms with Gasteiger partial charge in [0.15, 0.2) is 0 Å². The first-order valence-corrected chi connectivity index (χ1v) is 13.3. The standard InChI is InChI=1S/C29H50N2O4/c1-28(2,3)23-25-7-9-26(10-8-25)24-31-14-12-30(13-15-31)16-18-34-20-22-35-21-19-33-17-11-27(32)29(4,5)6/h7-10H,11-24H2,1-6H3. The van der Waals surface area contributed by atoms with Crippen LogP contribution in [-0.2, 0) is 32.0 Å². The second kappa shape index (κ2) is 15.1. The van der Waals surface area contributed by atoms with Gasteiger partial charge in [-0.3, -0.25) is 14.6 Å². The van der Waals surface area contributed by atoms with Crippen LogP contribution in [0.2, 0.25) is 0 Å². The first-order chi connectivity index (χ1) is 16.5. The lowest BCUT2D eigenvalue weighted by molar-refractivity contribution is -0.127. The highest BCUT2D eigenvalue weighted by atomic mass is 16.5. The Morgan fingerprint density at radius 1 is 0.714 bits per heavy atom. The van der Waals surface area contributed by atoms with Crippen LogP contribution in [0.5, 0.6) is 0 Å². The van der Waals surface area contributed by atoms with Crippen molar-refractivity contribution in [1.82, 2.24) is 9.80 Å². The number of ether oxygens (including phenoxy) is 3. The normalized spacial score (nSPS) is 16.1. The number of ketones is 1. The van der Waals surface area contributed by atoms with Gasteiger partial charge >= 0.3 is 0 Å². The van der Waals surface area contributed by atoms with Crippen molar-refractivity contribution < 1.29 is 19.0 Å². The summed E-state index contributed by atoms with van der Waals surface area (Å²) in [4.78, 5) is 16.8.